The number of hydrogen-bond acceptors (Lipinski definition) is 6. The lowest BCUT2D eigenvalue weighted by Crippen LogP contribution is -2.47. The molecule has 1 fully saturated rings. The van der Waals surface area contributed by atoms with Gasteiger partial charge in [-0.25, -0.2) is 10.8 Å². The second-order valence-corrected chi connectivity index (χ2v) is 4.60. The van der Waals surface area contributed by atoms with Crippen LogP contribution in [0.1, 0.15) is 12.6 Å². The summed E-state index contributed by atoms with van der Waals surface area (Å²) in [5, 5.41) is 9.18. The highest BCUT2D eigenvalue weighted by Gasteiger charge is 2.24. The molecule has 0 radical (unpaired) electrons. The van der Waals surface area contributed by atoms with Crippen molar-refractivity contribution in [1.29, 1.82) is 0 Å². The third-order valence-electron chi connectivity index (χ3n) is 2.95. The molecule has 0 aromatic carbocycles. The van der Waals surface area contributed by atoms with Gasteiger partial charge in [0.25, 0.3) is 0 Å². The Balaban J connectivity index is 1.99. The van der Waals surface area contributed by atoms with Gasteiger partial charge in [0.05, 0.1) is 24.5 Å². The third kappa shape index (κ3) is 3.39. The molecule has 1 aromatic heterocycles. The molecule has 0 bridgehead atoms. The smallest absolute Gasteiger partial charge is 0.140 e. The number of ether oxygens (including phenoxy) is 1. The fraction of sp³-hybridized carbons (Fsp3) is 0.583. The highest BCUT2D eigenvalue weighted by Crippen LogP contribution is 2.14. The maximum Gasteiger partial charge on any atom is 0.140 e. The topological polar surface area (TPSA) is 83.6 Å². The summed E-state index contributed by atoms with van der Waals surface area (Å²) in [4.78, 5) is 6.61. The van der Waals surface area contributed by atoms with E-state index in [1.54, 1.807) is 0 Å². The van der Waals surface area contributed by atoms with Crippen molar-refractivity contribution >= 4 is 5.82 Å². The van der Waals surface area contributed by atoms with Crippen molar-refractivity contribution in [3.63, 3.8) is 0 Å². The quantitative estimate of drug-likeness (QED) is 0.515. The molecule has 1 aliphatic heterocycles. The van der Waals surface area contributed by atoms with Crippen molar-refractivity contribution in [3.8, 4) is 0 Å². The number of aliphatic hydroxyl groups excluding tert-OH is 1. The van der Waals surface area contributed by atoms with Gasteiger partial charge in [-0.1, -0.05) is 6.07 Å². The first-order valence-electron chi connectivity index (χ1n) is 6.12. The minimum Gasteiger partial charge on any atom is -0.394 e. The van der Waals surface area contributed by atoms with Crippen molar-refractivity contribution in [2.75, 3.05) is 25.1 Å². The number of rotatable bonds is 4. The summed E-state index contributed by atoms with van der Waals surface area (Å²) >= 11 is 0. The summed E-state index contributed by atoms with van der Waals surface area (Å²) in [5.41, 5.74) is 3.49. The fourth-order valence-corrected chi connectivity index (χ4v) is 2.25. The van der Waals surface area contributed by atoms with Crippen LogP contribution in [0.4, 0.5) is 5.82 Å². The number of aliphatic hydroxyl groups is 1. The Morgan fingerprint density at radius 2 is 2.39 bits per heavy atom. The summed E-state index contributed by atoms with van der Waals surface area (Å²) in [6.07, 6.45) is 0.0243. The summed E-state index contributed by atoms with van der Waals surface area (Å²) < 4.78 is 5.60. The molecular formula is C12H20N4O2. The second kappa shape index (κ2) is 6.10. The average molecular weight is 252 g/mol. The molecule has 100 valence electrons. The average Bonchev–Trinajstić information content (AvgIpc) is 2.38. The largest absolute Gasteiger partial charge is 0.394 e. The molecule has 0 saturated carbocycles. The van der Waals surface area contributed by atoms with Gasteiger partial charge in [-0.3, -0.25) is 4.90 Å². The minimum atomic E-state index is -0.107. The molecule has 1 aliphatic rings. The number of nitrogen functional groups attached to an aromatic ring is 1. The highest BCUT2D eigenvalue weighted by atomic mass is 16.5. The zero-order valence-electron chi connectivity index (χ0n) is 10.5. The van der Waals surface area contributed by atoms with Crippen molar-refractivity contribution in [1.82, 2.24) is 9.88 Å². The molecule has 2 heterocycles. The number of anilines is 1. The van der Waals surface area contributed by atoms with Crippen LogP contribution in [0.5, 0.6) is 0 Å². The maximum atomic E-state index is 9.18. The Labute approximate surface area is 107 Å². The first kappa shape index (κ1) is 13.2. The van der Waals surface area contributed by atoms with Crippen LogP contribution < -0.4 is 11.3 Å². The van der Waals surface area contributed by atoms with Crippen LogP contribution in [0.25, 0.3) is 0 Å². The van der Waals surface area contributed by atoms with Crippen LogP contribution in [0, 0.1) is 0 Å². The van der Waals surface area contributed by atoms with Gasteiger partial charge in [0.15, 0.2) is 0 Å². The zero-order chi connectivity index (χ0) is 13.0. The summed E-state index contributed by atoms with van der Waals surface area (Å²) in [6, 6.07) is 5.71. The van der Waals surface area contributed by atoms with E-state index in [-0.39, 0.29) is 18.8 Å². The van der Waals surface area contributed by atoms with Gasteiger partial charge >= 0.3 is 0 Å². The Kier molecular flexibility index (Phi) is 4.48. The summed E-state index contributed by atoms with van der Waals surface area (Å²) in [7, 11) is 0. The third-order valence-corrected chi connectivity index (χ3v) is 2.95. The van der Waals surface area contributed by atoms with Crippen LogP contribution >= 0.6 is 0 Å². The summed E-state index contributed by atoms with van der Waals surface area (Å²) in [5.74, 6) is 6.00. The SMILES string of the molecule is CC1CN(Cc2cccc(NN)n2)CC(CO)O1. The lowest BCUT2D eigenvalue weighted by atomic mass is 10.2. The number of aromatic nitrogens is 1. The van der Waals surface area contributed by atoms with Crippen LogP contribution in [-0.2, 0) is 11.3 Å². The molecule has 2 rings (SSSR count). The number of morpholine rings is 1. The molecule has 0 amide bonds. The molecule has 2 unspecified atom stereocenters. The Bertz CT molecular complexity index is 388. The molecule has 4 N–H and O–H groups in total. The molecule has 2 atom stereocenters. The van der Waals surface area contributed by atoms with Crippen LogP contribution in [0.15, 0.2) is 18.2 Å². The van der Waals surface area contributed by atoms with Gasteiger partial charge in [0.2, 0.25) is 0 Å². The van der Waals surface area contributed by atoms with E-state index in [0.717, 1.165) is 25.3 Å². The molecule has 18 heavy (non-hydrogen) atoms. The fourth-order valence-electron chi connectivity index (χ4n) is 2.25. The number of pyridine rings is 1. The number of hydrazine groups is 1. The lowest BCUT2D eigenvalue weighted by Gasteiger charge is -2.35. The number of nitrogens with two attached hydrogens (primary N) is 1. The van der Waals surface area contributed by atoms with Crippen LogP contribution in [0.3, 0.4) is 0 Å². The Hall–Kier alpha value is -1.21. The molecule has 6 nitrogen and oxygen atoms in total. The van der Waals surface area contributed by atoms with E-state index in [1.165, 1.54) is 0 Å². The van der Waals surface area contributed by atoms with Crippen LogP contribution in [-0.4, -0.2) is 46.9 Å². The summed E-state index contributed by atoms with van der Waals surface area (Å²) in [6.45, 7) is 4.37. The molecule has 0 spiro atoms. The van der Waals surface area contributed by atoms with E-state index in [9.17, 15) is 5.11 Å². The van der Waals surface area contributed by atoms with E-state index in [0.29, 0.717) is 5.82 Å². The standard InChI is InChI=1S/C12H20N4O2/c1-9-5-16(7-11(8-17)18-9)6-10-3-2-4-12(14-10)15-13/h2-4,9,11,17H,5-8,13H2,1H3,(H,14,15). The van der Waals surface area contributed by atoms with Gasteiger partial charge in [-0.2, -0.15) is 0 Å². The predicted molar refractivity (Wildman–Crippen MR) is 68.7 cm³/mol. The van der Waals surface area contributed by atoms with Gasteiger partial charge in [-0.05, 0) is 19.1 Å². The second-order valence-electron chi connectivity index (χ2n) is 4.60. The molecule has 6 heteroatoms. The lowest BCUT2D eigenvalue weighted by molar-refractivity contribution is -0.0974. The first-order valence-corrected chi connectivity index (χ1v) is 6.12. The normalized spacial score (nSPS) is 25.1. The zero-order valence-corrected chi connectivity index (χ0v) is 10.5. The van der Waals surface area contributed by atoms with E-state index in [2.05, 4.69) is 15.3 Å². The van der Waals surface area contributed by atoms with Crippen molar-refractivity contribution < 1.29 is 9.84 Å². The Morgan fingerprint density at radius 1 is 1.56 bits per heavy atom. The molecule has 0 aliphatic carbocycles. The molecule has 1 saturated heterocycles. The van der Waals surface area contributed by atoms with Gasteiger partial charge in [-0.15, -0.1) is 0 Å². The number of hydrogen-bond donors (Lipinski definition) is 3. The van der Waals surface area contributed by atoms with Crippen molar-refractivity contribution in [2.24, 2.45) is 5.84 Å². The van der Waals surface area contributed by atoms with E-state index in [4.69, 9.17) is 10.6 Å². The van der Waals surface area contributed by atoms with E-state index < -0.39 is 0 Å². The van der Waals surface area contributed by atoms with Gasteiger partial charge < -0.3 is 15.3 Å². The number of nitrogens with one attached hydrogen (secondary N) is 1. The number of nitrogens with zero attached hydrogens (tertiary/aromatic N) is 2. The van der Waals surface area contributed by atoms with E-state index in [1.807, 2.05) is 25.1 Å². The highest BCUT2D eigenvalue weighted by molar-refractivity contribution is 5.33. The molecular weight excluding hydrogens is 232 g/mol. The predicted octanol–water partition coefficient (Wildman–Crippen LogP) is -0.0512. The molecule has 1 aromatic rings. The first-order chi connectivity index (χ1) is 8.71. The van der Waals surface area contributed by atoms with Gasteiger partial charge in [0, 0.05) is 19.6 Å². The minimum absolute atomic E-state index is 0.0542. The maximum absolute atomic E-state index is 9.18. The van der Waals surface area contributed by atoms with E-state index >= 15 is 0 Å². The Morgan fingerprint density at radius 3 is 3.11 bits per heavy atom. The van der Waals surface area contributed by atoms with Gasteiger partial charge in [0.1, 0.15) is 5.82 Å². The van der Waals surface area contributed by atoms with Crippen molar-refractivity contribution in [2.45, 2.75) is 25.7 Å². The van der Waals surface area contributed by atoms with Crippen LogP contribution in [0.2, 0.25) is 0 Å². The monoisotopic (exact) mass is 252 g/mol. The van der Waals surface area contributed by atoms with Crippen molar-refractivity contribution in [3.05, 3.63) is 23.9 Å².